The molecule has 0 aromatic heterocycles. The van der Waals surface area contributed by atoms with E-state index in [-0.39, 0.29) is 0 Å². The smallest absolute Gasteiger partial charge is 0.0126 e. The molecule has 2 nitrogen and oxygen atoms in total. The van der Waals surface area contributed by atoms with Gasteiger partial charge in [0.2, 0.25) is 0 Å². The van der Waals surface area contributed by atoms with Crippen molar-refractivity contribution in [1.29, 1.82) is 0 Å². The Balaban J connectivity index is 2.02. The van der Waals surface area contributed by atoms with Crippen LogP contribution in [0.4, 0.5) is 0 Å². The number of hydrogen-bond acceptors (Lipinski definition) is 2. The Bertz CT molecular complexity index is 39.5. The lowest BCUT2D eigenvalue weighted by Gasteiger charge is -1.96. The van der Waals surface area contributed by atoms with Crippen LogP contribution in [-0.4, -0.2) is 12.3 Å². The van der Waals surface area contributed by atoms with Crippen molar-refractivity contribution in [1.82, 2.24) is 10.3 Å². The van der Waals surface area contributed by atoms with Gasteiger partial charge in [0, 0.05) is 12.3 Å². The van der Waals surface area contributed by atoms with Crippen molar-refractivity contribution in [2.24, 2.45) is 0 Å². The Kier molecular flexibility index (Phi) is 4.17. The molecule has 0 amide bonds. The van der Waals surface area contributed by atoms with Gasteiger partial charge in [-0.1, -0.05) is 17.7 Å². The van der Waals surface area contributed by atoms with Crippen LogP contribution in [0.2, 0.25) is 0 Å². The van der Waals surface area contributed by atoms with Crippen molar-refractivity contribution < 1.29 is 0 Å². The molecular weight excluding hydrogens is 132 g/mol. The van der Waals surface area contributed by atoms with Gasteiger partial charge < -0.3 is 0 Å². The molecule has 9 heavy (non-hydrogen) atoms. The highest BCUT2D eigenvalue weighted by Crippen LogP contribution is 2.06. The topological polar surface area (TPSA) is 26.1 Å². The van der Waals surface area contributed by atoms with E-state index in [9.17, 15) is 0 Å². The molecule has 0 aromatic carbocycles. The number of hydrogen-bond donors (Lipinski definition) is 1. The van der Waals surface area contributed by atoms with Gasteiger partial charge in [-0.3, -0.25) is 0 Å². The first-order valence-electron chi connectivity index (χ1n) is 3.55. The summed E-state index contributed by atoms with van der Waals surface area (Å²) in [5, 5.41) is 0. The standard InChI is InChI=1S/C6H13N2S/c1-2-4-6-9-8-7-5-3-1/h7H,1-6H2. The van der Waals surface area contributed by atoms with Gasteiger partial charge in [0.1, 0.15) is 0 Å². The molecule has 1 N–H and O–H groups in total. The fourth-order valence-electron chi connectivity index (χ4n) is 0.861. The van der Waals surface area contributed by atoms with Crippen LogP contribution < -0.4 is 10.3 Å². The van der Waals surface area contributed by atoms with Crippen LogP contribution in [0.25, 0.3) is 0 Å². The van der Waals surface area contributed by atoms with Gasteiger partial charge >= 0.3 is 0 Å². The van der Waals surface area contributed by atoms with E-state index in [0.29, 0.717) is 0 Å². The van der Waals surface area contributed by atoms with Gasteiger partial charge in [-0.15, -0.1) is 0 Å². The maximum absolute atomic E-state index is 4.06. The third-order valence-electron chi connectivity index (χ3n) is 1.40. The monoisotopic (exact) mass is 145 g/mol. The summed E-state index contributed by atoms with van der Waals surface area (Å²) in [6, 6.07) is 0. The van der Waals surface area contributed by atoms with Crippen molar-refractivity contribution in [3.63, 3.8) is 0 Å². The number of nitrogens with one attached hydrogen (secondary N) is 1. The molecule has 1 rings (SSSR count). The van der Waals surface area contributed by atoms with Crippen molar-refractivity contribution in [3.05, 3.63) is 0 Å². The molecule has 3 heteroatoms. The van der Waals surface area contributed by atoms with Gasteiger partial charge in [-0.2, -0.15) is 0 Å². The lowest BCUT2D eigenvalue weighted by molar-refractivity contribution is 0.601. The third-order valence-corrected chi connectivity index (χ3v) is 2.13. The lowest BCUT2D eigenvalue weighted by Crippen LogP contribution is -2.19. The Morgan fingerprint density at radius 3 is 3.00 bits per heavy atom. The zero-order chi connectivity index (χ0) is 6.36. The van der Waals surface area contributed by atoms with E-state index in [1.54, 1.807) is 11.9 Å². The van der Waals surface area contributed by atoms with E-state index in [4.69, 9.17) is 0 Å². The van der Waals surface area contributed by atoms with Crippen molar-refractivity contribution in [2.45, 2.75) is 25.7 Å². The minimum Gasteiger partial charge on any atom is -0.229 e. The molecule has 0 spiro atoms. The maximum Gasteiger partial charge on any atom is 0.0126 e. The molecule has 0 saturated carbocycles. The summed E-state index contributed by atoms with van der Waals surface area (Å²) in [4.78, 5) is 4.06. The first-order valence-corrected chi connectivity index (χ1v) is 4.49. The highest BCUT2D eigenvalue weighted by Gasteiger charge is 1.95. The fraction of sp³-hybridized carbons (Fsp3) is 1.00. The highest BCUT2D eigenvalue weighted by molar-refractivity contribution is 7.97. The van der Waals surface area contributed by atoms with Gasteiger partial charge in [-0.25, -0.2) is 5.43 Å². The summed E-state index contributed by atoms with van der Waals surface area (Å²) in [6.45, 7) is 1.06. The van der Waals surface area contributed by atoms with Crippen molar-refractivity contribution in [2.75, 3.05) is 12.3 Å². The van der Waals surface area contributed by atoms with Crippen LogP contribution >= 0.6 is 11.9 Å². The second-order valence-electron chi connectivity index (χ2n) is 2.25. The molecule has 0 aromatic rings. The van der Waals surface area contributed by atoms with E-state index >= 15 is 0 Å². The molecule has 0 aliphatic carbocycles. The van der Waals surface area contributed by atoms with Gasteiger partial charge in [0.25, 0.3) is 0 Å². The maximum atomic E-state index is 4.06. The Hall–Kier alpha value is 0.270. The van der Waals surface area contributed by atoms with E-state index in [1.165, 1.54) is 31.4 Å². The lowest BCUT2D eigenvalue weighted by atomic mass is 10.2. The van der Waals surface area contributed by atoms with Crippen LogP contribution in [0.5, 0.6) is 0 Å². The van der Waals surface area contributed by atoms with Gasteiger partial charge in [-0.05, 0) is 24.8 Å². The first-order chi connectivity index (χ1) is 4.50. The molecule has 1 fully saturated rings. The summed E-state index contributed by atoms with van der Waals surface area (Å²) >= 11 is 1.66. The summed E-state index contributed by atoms with van der Waals surface area (Å²) < 4.78 is 0. The minimum absolute atomic E-state index is 1.06. The molecule has 0 unspecified atom stereocenters. The molecule has 0 bridgehead atoms. The second-order valence-corrected chi connectivity index (χ2v) is 3.10. The summed E-state index contributed by atoms with van der Waals surface area (Å²) in [5.74, 6) is 1.19. The zero-order valence-electron chi connectivity index (χ0n) is 5.60. The molecule has 1 heterocycles. The molecule has 53 valence electrons. The summed E-state index contributed by atoms with van der Waals surface area (Å²) in [5.41, 5.74) is 3.02. The Labute approximate surface area is 60.9 Å². The Morgan fingerprint density at radius 2 is 2.00 bits per heavy atom. The SMILES string of the molecule is C1CCCS[N]NCC1. The van der Waals surface area contributed by atoms with E-state index < -0.39 is 0 Å². The van der Waals surface area contributed by atoms with Crippen molar-refractivity contribution >= 4 is 11.9 Å². The van der Waals surface area contributed by atoms with Crippen LogP contribution in [-0.2, 0) is 0 Å². The average Bonchev–Trinajstić information content (AvgIpc) is 2.00. The largest absolute Gasteiger partial charge is 0.229 e. The van der Waals surface area contributed by atoms with E-state index in [2.05, 4.69) is 10.3 Å². The number of rotatable bonds is 0. The van der Waals surface area contributed by atoms with E-state index in [0.717, 1.165) is 6.54 Å². The van der Waals surface area contributed by atoms with E-state index in [1.807, 2.05) is 0 Å². The molecule has 1 aliphatic heterocycles. The quantitative estimate of drug-likeness (QED) is 0.520. The van der Waals surface area contributed by atoms with Gasteiger partial charge in [0.15, 0.2) is 0 Å². The summed E-state index contributed by atoms with van der Waals surface area (Å²) in [7, 11) is 0. The highest BCUT2D eigenvalue weighted by atomic mass is 32.2. The minimum atomic E-state index is 1.06. The first kappa shape index (κ1) is 7.38. The van der Waals surface area contributed by atoms with Crippen molar-refractivity contribution in [3.8, 4) is 0 Å². The predicted molar refractivity (Wildman–Crippen MR) is 41.1 cm³/mol. The second kappa shape index (κ2) is 5.09. The average molecular weight is 145 g/mol. The molecular formula is C6H13N2S. The normalized spacial score (nSPS) is 24.0. The summed E-state index contributed by atoms with van der Waals surface area (Å²) in [6.07, 6.45) is 5.35. The third kappa shape index (κ3) is 3.78. The predicted octanol–water partition coefficient (Wildman–Crippen LogP) is 1.32. The van der Waals surface area contributed by atoms with Crippen LogP contribution in [0.3, 0.4) is 0 Å². The van der Waals surface area contributed by atoms with Crippen LogP contribution in [0, 0.1) is 0 Å². The molecule has 0 atom stereocenters. The van der Waals surface area contributed by atoms with Crippen LogP contribution in [0.1, 0.15) is 25.7 Å². The van der Waals surface area contributed by atoms with Crippen LogP contribution in [0.15, 0.2) is 0 Å². The Morgan fingerprint density at radius 1 is 1.11 bits per heavy atom. The van der Waals surface area contributed by atoms with Gasteiger partial charge in [0.05, 0.1) is 0 Å². The zero-order valence-corrected chi connectivity index (χ0v) is 6.41. The number of nitrogens with zero attached hydrogens (tertiary/aromatic N) is 1. The molecule has 1 saturated heterocycles. The fourth-order valence-corrected chi connectivity index (χ4v) is 1.47. The molecule has 1 aliphatic rings. The molecule has 1 radical (unpaired) electrons.